The van der Waals surface area contributed by atoms with E-state index in [1.54, 1.807) is 17.0 Å². The normalized spacial score (nSPS) is 15.9. The lowest BCUT2D eigenvalue weighted by Crippen LogP contribution is -2.52. The Morgan fingerprint density at radius 3 is 2.74 bits per heavy atom. The number of carbonyl (C=O) groups excluding carboxylic acids is 1. The highest BCUT2D eigenvalue weighted by atomic mass is 35.5. The van der Waals surface area contributed by atoms with Crippen LogP contribution in [0.15, 0.2) is 18.2 Å². The summed E-state index contributed by atoms with van der Waals surface area (Å²) in [6, 6.07) is 5.40. The van der Waals surface area contributed by atoms with Gasteiger partial charge in [-0.2, -0.15) is 0 Å². The Labute approximate surface area is 116 Å². The molecule has 0 saturated carbocycles. The number of hydrogen-bond acceptors (Lipinski definition) is 3. The van der Waals surface area contributed by atoms with E-state index in [9.17, 15) is 9.59 Å². The summed E-state index contributed by atoms with van der Waals surface area (Å²) in [6.45, 7) is 2.95. The van der Waals surface area contributed by atoms with E-state index in [4.69, 9.17) is 16.7 Å². The molecule has 0 atom stereocenters. The van der Waals surface area contributed by atoms with Crippen LogP contribution in [0.5, 0.6) is 0 Å². The molecular weight excluding hydrogens is 268 g/mol. The zero-order valence-electron chi connectivity index (χ0n) is 10.5. The van der Waals surface area contributed by atoms with Crippen LogP contribution in [-0.2, 0) is 9.59 Å². The van der Waals surface area contributed by atoms with Gasteiger partial charge in [-0.15, -0.1) is 0 Å². The molecule has 0 bridgehead atoms. The molecule has 1 heterocycles. The first-order valence-corrected chi connectivity index (χ1v) is 6.34. The van der Waals surface area contributed by atoms with E-state index in [0.717, 1.165) is 5.56 Å². The molecule has 1 amide bonds. The fraction of sp³-hybridized carbons (Fsp3) is 0.385. The van der Waals surface area contributed by atoms with Crippen LogP contribution >= 0.6 is 11.6 Å². The molecule has 1 aliphatic heterocycles. The molecule has 1 aromatic carbocycles. The molecule has 5 nitrogen and oxygen atoms in total. The highest BCUT2D eigenvalue weighted by molar-refractivity contribution is 6.33. The molecule has 1 aromatic rings. The molecule has 6 heteroatoms. The number of carboxylic acid groups (broad SMARTS) is 1. The van der Waals surface area contributed by atoms with Gasteiger partial charge in [0.05, 0.1) is 23.2 Å². The number of rotatable bonds is 4. The molecular formula is C13H15ClN2O3. The van der Waals surface area contributed by atoms with Crippen molar-refractivity contribution in [3.05, 3.63) is 28.8 Å². The molecule has 0 unspecified atom stereocenters. The van der Waals surface area contributed by atoms with Crippen molar-refractivity contribution in [1.82, 2.24) is 4.90 Å². The number of aliphatic carboxylic acids is 1. The first-order chi connectivity index (χ1) is 8.95. The van der Waals surface area contributed by atoms with Gasteiger partial charge in [0.25, 0.3) is 0 Å². The van der Waals surface area contributed by atoms with Crippen LogP contribution in [-0.4, -0.2) is 41.5 Å². The average molecular weight is 283 g/mol. The molecule has 1 aliphatic rings. The predicted octanol–water partition coefficient (Wildman–Crippen LogP) is 1.60. The highest BCUT2D eigenvalue weighted by Crippen LogP contribution is 2.23. The number of carbonyl (C=O) groups is 2. The molecule has 1 saturated heterocycles. The van der Waals surface area contributed by atoms with Gasteiger partial charge < -0.3 is 10.4 Å². The molecule has 19 heavy (non-hydrogen) atoms. The van der Waals surface area contributed by atoms with Crippen molar-refractivity contribution < 1.29 is 14.7 Å². The number of halogens is 1. The van der Waals surface area contributed by atoms with E-state index in [-0.39, 0.29) is 18.4 Å². The highest BCUT2D eigenvalue weighted by Gasteiger charge is 2.33. The second-order valence-corrected chi connectivity index (χ2v) is 5.17. The Morgan fingerprint density at radius 2 is 2.16 bits per heavy atom. The molecule has 2 rings (SSSR count). The van der Waals surface area contributed by atoms with Crippen LogP contribution < -0.4 is 5.32 Å². The minimum Gasteiger partial charge on any atom is -0.481 e. The summed E-state index contributed by atoms with van der Waals surface area (Å²) in [5.74, 6) is -1.34. The van der Waals surface area contributed by atoms with Gasteiger partial charge in [0, 0.05) is 13.1 Å². The number of likely N-dealkylation sites (tertiary alicyclic amines) is 1. The van der Waals surface area contributed by atoms with Gasteiger partial charge in [-0.3, -0.25) is 14.5 Å². The zero-order chi connectivity index (χ0) is 14.0. The van der Waals surface area contributed by atoms with Crippen molar-refractivity contribution in [2.45, 2.75) is 6.92 Å². The van der Waals surface area contributed by atoms with Gasteiger partial charge in [0.2, 0.25) is 5.91 Å². The molecule has 0 aliphatic carbocycles. The van der Waals surface area contributed by atoms with Crippen LogP contribution in [0.1, 0.15) is 5.56 Å². The molecule has 0 aromatic heterocycles. The summed E-state index contributed by atoms with van der Waals surface area (Å²) in [6.07, 6.45) is 0. The van der Waals surface area contributed by atoms with Crippen LogP contribution in [0.4, 0.5) is 5.69 Å². The number of nitrogens with zero attached hydrogens (tertiary/aromatic N) is 1. The fourth-order valence-corrected chi connectivity index (χ4v) is 2.25. The van der Waals surface area contributed by atoms with Crippen molar-refractivity contribution in [3.8, 4) is 0 Å². The van der Waals surface area contributed by atoms with Crippen LogP contribution in [0.3, 0.4) is 0 Å². The third-order valence-corrected chi connectivity index (χ3v) is 3.39. The maximum Gasteiger partial charge on any atom is 0.309 e. The maximum atomic E-state index is 11.8. The summed E-state index contributed by atoms with van der Waals surface area (Å²) in [5, 5.41) is 12.0. The Morgan fingerprint density at radius 1 is 1.47 bits per heavy atom. The van der Waals surface area contributed by atoms with Crippen molar-refractivity contribution in [2.24, 2.45) is 5.92 Å². The molecule has 0 spiro atoms. The van der Waals surface area contributed by atoms with Crippen LogP contribution in [0.25, 0.3) is 0 Å². The molecule has 0 radical (unpaired) electrons. The Kier molecular flexibility index (Phi) is 4.07. The number of anilines is 1. The maximum absolute atomic E-state index is 11.8. The zero-order valence-corrected chi connectivity index (χ0v) is 11.3. The van der Waals surface area contributed by atoms with Crippen LogP contribution in [0, 0.1) is 12.8 Å². The predicted molar refractivity (Wildman–Crippen MR) is 72.4 cm³/mol. The van der Waals surface area contributed by atoms with Crippen molar-refractivity contribution >= 4 is 29.2 Å². The minimum atomic E-state index is -0.807. The fourth-order valence-electron chi connectivity index (χ4n) is 1.97. The molecule has 102 valence electrons. The molecule has 2 N–H and O–H groups in total. The van der Waals surface area contributed by atoms with Gasteiger partial charge in [-0.1, -0.05) is 17.7 Å². The minimum absolute atomic E-state index is 0.186. The first-order valence-electron chi connectivity index (χ1n) is 5.97. The second-order valence-electron chi connectivity index (χ2n) is 4.76. The van der Waals surface area contributed by atoms with E-state index in [0.29, 0.717) is 23.8 Å². The number of carboxylic acids is 1. The largest absolute Gasteiger partial charge is 0.481 e. The summed E-state index contributed by atoms with van der Waals surface area (Å²) in [5.41, 5.74) is 1.60. The van der Waals surface area contributed by atoms with Crippen molar-refractivity contribution in [2.75, 3.05) is 25.0 Å². The Balaban J connectivity index is 1.84. The number of nitrogens with one attached hydrogen (secondary N) is 1. The van der Waals surface area contributed by atoms with Gasteiger partial charge in [-0.25, -0.2) is 0 Å². The van der Waals surface area contributed by atoms with Crippen LogP contribution in [0.2, 0.25) is 5.02 Å². The number of benzene rings is 1. The van der Waals surface area contributed by atoms with E-state index in [2.05, 4.69) is 5.32 Å². The summed E-state index contributed by atoms with van der Waals surface area (Å²) < 4.78 is 0. The lowest BCUT2D eigenvalue weighted by molar-refractivity contribution is -0.148. The quantitative estimate of drug-likeness (QED) is 0.880. The first kappa shape index (κ1) is 13.8. The lowest BCUT2D eigenvalue weighted by Gasteiger charge is -2.35. The van der Waals surface area contributed by atoms with E-state index >= 15 is 0 Å². The number of amides is 1. The van der Waals surface area contributed by atoms with E-state index < -0.39 is 5.97 Å². The number of aryl methyl sites for hydroxylation is 1. The summed E-state index contributed by atoms with van der Waals surface area (Å²) in [4.78, 5) is 24.2. The van der Waals surface area contributed by atoms with Gasteiger partial charge in [0.15, 0.2) is 0 Å². The smallest absolute Gasteiger partial charge is 0.309 e. The van der Waals surface area contributed by atoms with Gasteiger partial charge in [-0.05, 0) is 24.6 Å². The second kappa shape index (κ2) is 5.59. The standard InChI is InChI=1S/C13H15ClN2O3/c1-8-2-3-11(10(14)4-8)15-12(17)7-16-5-9(6-16)13(18)19/h2-4,9H,5-7H2,1H3,(H,15,17)(H,18,19). The van der Waals surface area contributed by atoms with E-state index in [1.165, 1.54) is 0 Å². The van der Waals surface area contributed by atoms with Gasteiger partial charge in [0.1, 0.15) is 0 Å². The Hall–Kier alpha value is -1.59. The SMILES string of the molecule is Cc1ccc(NC(=O)CN2CC(C(=O)O)C2)c(Cl)c1. The third kappa shape index (κ3) is 3.45. The molecule has 1 fully saturated rings. The summed E-state index contributed by atoms with van der Waals surface area (Å²) >= 11 is 6.02. The monoisotopic (exact) mass is 282 g/mol. The van der Waals surface area contributed by atoms with Gasteiger partial charge >= 0.3 is 5.97 Å². The lowest BCUT2D eigenvalue weighted by atomic mass is 10.0. The topological polar surface area (TPSA) is 69.6 Å². The van der Waals surface area contributed by atoms with Crippen molar-refractivity contribution in [1.29, 1.82) is 0 Å². The number of hydrogen-bond donors (Lipinski definition) is 2. The summed E-state index contributed by atoms with van der Waals surface area (Å²) in [7, 11) is 0. The average Bonchev–Trinajstić information content (AvgIpc) is 2.26. The van der Waals surface area contributed by atoms with Crippen molar-refractivity contribution in [3.63, 3.8) is 0 Å². The van der Waals surface area contributed by atoms with E-state index in [1.807, 2.05) is 13.0 Å². The Bertz CT molecular complexity index is 513. The third-order valence-electron chi connectivity index (χ3n) is 3.07.